The first-order valence-electron chi connectivity index (χ1n) is 4.61. The molecule has 0 atom stereocenters. The van der Waals surface area contributed by atoms with Gasteiger partial charge in [0.05, 0.1) is 0 Å². The summed E-state index contributed by atoms with van der Waals surface area (Å²) in [6.45, 7) is 4.54. The largest absolute Gasteiger partial charge is 0.312 e. The molecule has 64 valence electrons. The highest BCUT2D eigenvalue weighted by molar-refractivity contribution is 7.12. The lowest BCUT2D eigenvalue weighted by Crippen LogP contribution is -2.31. The highest BCUT2D eigenvalue weighted by atomic mass is 32.1. The Bertz CT molecular complexity index is 323. The number of thiophene rings is 1. The highest BCUT2D eigenvalue weighted by Gasteiger charge is 2.47. The maximum absolute atomic E-state index is 3.51. The van der Waals surface area contributed by atoms with Crippen LogP contribution in [0.25, 0.3) is 0 Å². The van der Waals surface area contributed by atoms with Crippen LogP contribution in [0.1, 0.15) is 28.2 Å². The van der Waals surface area contributed by atoms with Crippen molar-refractivity contribution in [3.63, 3.8) is 0 Å². The van der Waals surface area contributed by atoms with Gasteiger partial charge in [-0.25, -0.2) is 0 Å². The number of rotatable bonds is 0. The molecule has 1 aromatic rings. The van der Waals surface area contributed by atoms with Gasteiger partial charge in [-0.2, -0.15) is 0 Å². The van der Waals surface area contributed by atoms with Crippen LogP contribution in [-0.4, -0.2) is 6.54 Å². The molecule has 0 bridgehead atoms. The molecule has 2 heteroatoms. The van der Waals surface area contributed by atoms with Crippen LogP contribution in [0.4, 0.5) is 0 Å². The van der Waals surface area contributed by atoms with E-state index in [1.165, 1.54) is 24.3 Å². The van der Waals surface area contributed by atoms with Gasteiger partial charge in [-0.15, -0.1) is 11.3 Å². The summed E-state index contributed by atoms with van der Waals surface area (Å²) in [5, 5.41) is 3.51. The van der Waals surface area contributed by atoms with Crippen LogP contribution in [0.15, 0.2) is 6.07 Å². The summed E-state index contributed by atoms with van der Waals surface area (Å²) in [6, 6.07) is 2.35. The second kappa shape index (κ2) is 2.12. The number of fused-ring (bicyclic) bond motifs is 2. The minimum absolute atomic E-state index is 0.590. The van der Waals surface area contributed by atoms with Gasteiger partial charge in [0, 0.05) is 28.3 Å². The minimum Gasteiger partial charge on any atom is -0.312 e. The quantitative estimate of drug-likeness (QED) is 0.643. The number of hydrogen-bond acceptors (Lipinski definition) is 2. The third-order valence-electron chi connectivity index (χ3n) is 3.05. The Balaban J connectivity index is 2.15. The molecule has 1 nitrogen and oxygen atoms in total. The Labute approximate surface area is 76.8 Å². The summed E-state index contributed by atoms with van der Waals surface area (Å²) < 4.78 is 0. The summed E-state index contributed by atoms with van der Waals surface area (Å²) in [6.07, 6.45) is 2.82. The Morgan fingerprint density at radius 2 is 2.33 bits per heavy atom. The zero-order valence-electron chi connectivity index (χ0n) is 7.31. The van der Waals surface area contributed by atoms with Crippen molar-refractivity contribution in [2.45, 2.75) is 31.7 Å². The third kappa shape index (κ3) is 0.824. The van der Waals surface area contributed by atoms with Crippen molar-refractivity contribution in [1.29, 1.82) is 0 Å². The minimum atomic E-state index is 0.590. The van der Waals surface area contributed by atoms with Crippen molar-refractivity contribution in [2.75, 3.05) is 6.54 Å². The van der Waals surface area contributed by atoms with Crippen LogP contribution in [-0.2, 0) is 12.0 Å². The molecule has 1 spiro atoms. The number of nitrogens with one attached hydrogen (secondary N) is 1. The summed E-state index contributed by atoms with van der Waals surface area (Å²) in [5.74, 6) is 0. The van der Waals surface area contributed by atoms with E-state index >= 15 is 0 Å². The summed E-state index contributed by atoms with van der Waals surface area (Å²) in [7, 11) is 0. The van der Waals surface area contributed by atoms with E-state index in [0.717, 1.165) is 6.54 Å². The molecule has 0 unspecified atom stereocenters. The second-order valence-corrected chi connectivity index (χ2v) is 5.35. The molecule has 1 aromatic heterocycles. The highest BCUT2D eigenvalue weighted by Crippen LogP contribution is 2.53. The molecule has 1 aliphatic carbocycles. The molecule has 1 aliphatic heterocycles. The maximum atomic E-state index is 3.51. The van der Waals surface area contributed by atoms with E-state index in [0.29, 0.717) is 5.41 Å². The van der Waals surface area contributed by atoms with Gasteiger partial charge in [0.2, 0.25) is 0 Å². The first kappa shape index (κ1) is 7.10. The molecule has 0 saturated heterocycles. The first-order chi connectivity index (χ1) is 5.80. The standard InChI is InChI=1S/C10H13NS/c1-7-4-8-5-11-6-10(2-3-10)9(8)12-7/h4,11H,2-3,5-6H2,1H3. The lowest BCUT2D eigenvalue weighted by molar-refractivity contribution is 0.541. The number of aryl methyl sites for hydroxylation is 1. The Morgan fingerprint density at radius 3 is 3.08 bits per heavy atom. The van der Waals surface area contributed by atoms with Gasteiger partial charge in [-0.1, -0.05) is 0 Å². The van der Waals surface area contributed by atoms with E-state index in [4.69, 9.17) is 0 Å². The predicted molar refractivity (Wildman–Crippen MR) is 51.7 cm³/mol. The average Bonchev–Trinajstić information content (AvgIpc) is 2.68. The monoisotopic (exact) mass is 179 g/mol. The van der Waals surface area contributed by atoms with Crippen molar-refractivity contribution < 1.29 is 0 Å². The van der Waals surface area contributed by atoms with Crippen molar-refractivity contribution >= 4 is 11.3 Å². The summed E-state index contributed by atoms with van der Waals surface area (Å²) >= 11 is 2.02. The van der Waals surface area contributed by atoms with E-state index in [2.05, 4.69) is 18.3 Å². The third-order valence-corrected chi connectivity index (χ3v) is 4.39. The van der Waals surface area contributed by atoms with Crippen LogP contribution in [0.5, 0.6) is 0 Å². The Morgan fingerprint density at radius 1 is 1.50 bits per heavy atom. The molecular formula is C10H13NS. The van der Waals surface area contributed by atoms with Crippen molar-refractivity contribution in [3.05, 3.63) is 21.4 Å². The summed E-state index contributed by atoms with van der Waals surface area (Å²) in [5.41, 5.74) is 2.16. The van der Waals surface area contributed by atoms with Crippen LogP contribution < -0.4 is 5.32 Å². The SMILES string of the molecule is Cc1cc2c(s1)C1(CC1)CNC2. The van der Waals surface area contributed by atoms with Crippen LogP contribution in [0.3, 0.4) is 0 Å². The Kier molecular flexibility index (Phi) is 1.25. The smallest absolute Gasteiger partial charge is 0.0217 e. The molecule has 12 heavy (non-hydrogen) atoms. The van der Waals surface area contributed by atoms with Crippen LogP contribution in [0.2, 0.25) is 0 Å². The molecule has 1 N–H and O–H groups in total. The predicted octanol–water partition coefficient (Wildman–Crippen LogP) is 2.19. The average molecular weight is 179 g/mol. The fourth-order valence-electron chi connectivity index (χ4n) is 2.22. The zero-order chi connectivity index (χ0) is 8.18. The fraction of sp³-hybridized carbons (Fsp3) is 0.600. The van der Waals surface area contributed by atoms with E-state index in [9.17, 15) is 0 Å². The first-order valence-corrected chi connectivity index (χ1v) is 5.42. The lowest BCUT2D eigenvalue weighted by atomic mass is 9.97. The molecule has 1 saturated carbocycles. The van der Waals surface area contributed by atoms with E-state index < -0.39 is 0 Å². The van der Waals surface area contributed by atoms with Gasteiger partial charge in [-0.3, -0.25) is 0 Å². The van der Waals surface area contributed by atoms with Crippen molar-refractivity contribution in [3.8, 4) is 0 Å². The maximum Gasteiger partial charge on any atom is 0.0217 e. The van der Waals surface area contributed by atoms with E-state index in [-0.39, 0.29) is 0 Å². The van der Waals surface area contributed by atoms with Crippen LogP contribution in [0, 0.1) is 6.92 Å². The van der Waals surface area contributed by atoms with Crippen LogP contribution >= 0.6 is 11.3 Å². The molecule has 0 aromatic carbocycles. The van der Waals surface area contributed by atoms with Gasteiger partial charge in [0.15, 0.2) is 0 Å². The second-order valence-electron chi connectivity index (χ2n) is 4.10. The van der Waals surface area contributed by atoms with E-state index in [1.54, 1.807) is 10.4 Å². The Hall–Kier alpha value is -0.340. The van der Waals surface area contributed by atoms with Gasteiger partial charge < -0.3 is 5.32 Å². The molecule has 0 amide bonds. The lowest BCUT2D eigenvalue weighted by Gasteiger charge is -2.22. The molecule has 2 heterocycles. The van der Waals surface area contributed by atoms with Gasteiger partial charge in [0.25, 0.3) is 0 Å². The fourth-order valence-corrected chi connectivity index (χ4v) is 3.50. The molecule has 0 radical (unpaired) electrons. The van der Waals surface area contributed by atoms with Gasteiger partial charge >= 0.3 is 0 Å². The van der Waals surface area contributed by atoms with Gasteiger partial charge in [0.1, 0.15) is 0 Å². The van der Waals surface area contributed by atoms with Gasteiger partial charge in [-0.05, 0) is 31.4 Å². The zero-order valence-corrected chi connectivity index (χ0v) is 8.13. The van der Waals surface area contributed by atoms with Crippen molar-refractivity contribution in [2.24, 2.45) is 0 Å². The van der Waals surface area contributed by atoms with Crippen molar-refractivity contribution in [1.82, 2.24) is 5.32 Å². The normalized spacial score (nSPS) is 24.1. The topological polar surface area (TPSA) is 12.0 Å². The number of hydrogen-bond donors (Lipinski definition) is 1. The molecule has 2 aliphatic rings. The van der Waals surface area contributed by atoms with E-state index in [1.807, 2.05) is 11.3 Å². The molecular weight excluding hydrogens is 166 g/mol. The molecule has 1 fully saturated rings. The summed E-state index contributed by atoms with van der Waals surface area (Å²) in [4.78, 5) is 3.17. The molecule has 3 rings (SSSR count).